The molecule has 1 aliphatic carbocycles. The largest absolute Gasteiger partial charge is 0.311 e. The monoisotopic (exact) mass is 138 g/mol. The number of fused-ring (bicyclic) bond motifs is 1. The molecule has 10 heavy (non-hydrogen) atoms. The second-order valence-corrected chi connectivity index (χ2v) is 3.06. The first kappa shape index (κ1) is 6.38. The van der Waals surface area contributed by atoms with Crippen molar-refractivity contribution in [2.24, 2.45) is 0 Å². The van der Waals surface area contributed by atoms with E-state index >= 15 is 0 Å². The first-order valence-electron chi connectivity index (χ1n) is 4.08. The van der Waals surface area contributed by atoms with Gasteiger partial charge in [0.2, 0.25) is 0 Å². The highest BCUT2D eigenvalue weighted by Crippen LogP contribution is 2.13. The van der Waals surface area contributed by atoms with Gasteiger partial charge in [0.15, 0.2) is 0 Å². The number of nitrogens with one attached hydrogen (secondary N) is 2. The summed E-state index contributed by atoms with van der Waals surface area (Å²) in [6.07, 6.45) is 6.97. The highest BCUT2D eigenvalue weighted by Gasteiger charge is 2.23. The van der Waals surface area contributed by atoms with Crippen molar-refractivity contribution in [3.05, 3.63) is 12.2 Å². The summed E-state index contributed by atoms with van der Waals surface area (Å²) in [5.41, 5.74) is 0. The zero-order valence-corrected chi connectivity index (χ0v) is 6.14. The van der Waals surface area contributed by atoms with Crippen LogP contribution in [0.15, 0.2) is 12.2 Å². The molecule has 0 aromatic heterocycles. The highest BCUT2D eigenvalue weighted by molar-refractivity contribution is 5.02. The molecule has 2 nitrogen and oxygen atoms in total. The van der Waals surface area contributed by atoms with Gasteiger partial charge in [0.25, 0.3) is 0 Å². The van der Waals surface area contributed by atoms with Crippen molar-refractivity contribution in [3.63, 3.8) is 0 Å². The fourth-order valence-electron chi connectivity index (χ4n) is 1.78. The molecule has 2 aliphatic rings. The van der Waals surface area contributed by atoms with E-state index < -0.39 is 0 Å². The Hall–Kier alpha value is -0.340. The molecule has 1 unspecified atom stereocenters. The van der Waals surface area contributed by atoms with Gasteiger partial charge in [-0.2, -0.15) is 0 Å². The Morgan fingerprint density at radius 3 is 1.90 bits per heavy atom. The first-order chi connectivity index (χ1) is 4.97. The van der Waals surface area contributed by atoms with Crippen LogP contribution in [0.25, 0.3) is 0 Å². The van der Waals surface area contributed by atoms with Gasteiger partial charge in [0, 0.05) is 25.2 Å². The molecule has 0 spiro atoms. The molecular weight excluding hydrogens is 124 g/mol. The maximum Gasteiger partial charge on any atom is 0.0259 e. The van der Waals surface area contributed by atoms with Crippen molar-refractivity contribution < 1.29 is 0 Å². The van der Waals surface area contributed by atoms with E-state index in [1.165, 1.54) is 12.8 Å². The van der Waals surface area contributed by atoms with E-state index in [1.807, 2.05) is 0 Å². The summed E-state index contributed by atoms with van der Waals surface area (Å²) < 4.78 is 0. The van der Waals surface area contributed by atoms with E-state index in [0.717, 1.165) is 13.1 Å². The lowest BCUT2D eigenvalue weighted by atomic mass is 9.94. The van der Waals surface area contributed by atoms with Crippen LogP contribution in [0.4, 0.5) is 0 Å². The third kappa shape index (κ3) is 1.09. The summed E-state index contributed by atoms with van der Waals surface area (Å²) in [5.74, 6) is 0. The van der Waals surface area contributed by atoms with Crippen molar-refractivity contribution in [2.75, 3.05) is 13.1 Å². The Morgan fingerprint density at radius 2 is 1.40 bits per heavy atom. The van der Waals surface area contributed by atoms with Crippen molar-refractivity contribution in [3.8, 4) is 0 Å². The molecule has 1 aliphatic heterocycles. The summed E-state index contributed by atoms with van der Waals surface area (Å²) in [4.78, 5) is 0. The Morgan fingerprint density at radius 1 is 0.900 bits per heavy atom. The van der Waals surface area contributed by atoms with Gasteiger partial charge >= 0.3 is 0 Å². The lowest BCUT2D eigenvalue weighted by Gasteiger charge is -2.34. The molecule has 1 fully saturated rings. The van der Waals surface area contributed by atoms with Crippen LogP contribution in [0.2, 0.25) is 0 Å². The minimum absolute atomic E-state index is 0.707. The molecule has 0 saturated carbocycles. The number of hydrogen-bond acceptors (Lipinski definition) is 2. The zero-order chi connectivity index (χ0) is 6.81. The minimum atomic E-state index is 0.707. The summed E-state index contributed by atoms with van der Waals surface area (Å²) in [6.45, 7) is 2.27. The van der Waals surface area contributed by atoms with Crippen LogP contribution in [0.3, 0.4) is 0 Å². The minimum Gasteiger partial charge on any atom is -0.311 e. The molecule has 2 N–H and O–H groups in total. The van der Waals surface area contributed by atoms with Gasteiger partial charge < -0.3 is 10.6 Å². The van der Waals surface area contributed by atoms with E-state index in [9.17, 15) is 0 Å². The normalized spacial score (nSPS) is 39.2. The van der Waals surface area contributed by atoms with Crippen LogP contribution in [0.5, 0.6) is 0 Å². The average Bonchev–Trinajstić information content (AvgIpc) is 2.05. The van der Waals surface area contributed by atoms with Crippen molar-refractivity contribution in [1.29, 1.82) is 0 Å². The summed E-state index contributed by atoms with van der Waals surface area (Å²) in [6, 6.07) is 1.41. The van der Waals surface area contributed by atoms with Crippen LogP contribution in [-0.2, 0) is 0 Å². The van der Waals surface area contributed by atoms with Gasteiger partial charge in [-0.1, -0.05) is 12.2 Å². The molecule has 56 valence electrons. The van der Waals surface area contributed by atoms with Gasteiger partial charge in [0.1, 0.15) is 0 Å². The van der Waals surface area contributed by atoms with Crippen molar-refractivity contribution >= 4 is 0 Å². The average molecular weight is 138 g/mol. The topological polar surface area (TPSA) is 24.1 Å². The second-order valence-electron chi connectivity index (χ2n) is 3.06. The molecule has 0 aromatic rings. The van der Waals surface area contributed by atoms with E-state index in [-0.39, 0.29) is 0 Å². The van der Waals surface area contributed by atoms with Gasteiger partial charge in [-0.25, -0.2) is 0 Å². The predicted molar refractivity (Wildman–Crippen MR) is 42.0 cm³/mol. The molecule has 1 saturated heterocycles. The van der Waals surface area contributed by atoms with Crippen LogP contribution in [0, 0.1) is 0 Å². The Labute approximate surface area is 61.7 Å². The Kier molecular flexibility index (Phi) is 1.74. The van der Waals surface area contributed by atoms with Gasteiger partial charge in [0.05, 0.1) is 0 Å². The maximum atomic E-state index is 3.51. The third-order valence-corrected chi connectivity index (χ3v) is 2.37. The third-order valence-electron chi connectivity index (χ3n) is 2.37. The van der Waals surface area contributed by atoms with Crippen LogP contribution >= 0.6 is 0 Å². The van der Waals surface area contributed by atoms with Gasteiger partial charge in [-0.15, -0.1) is 0 Å². The van der Waals surface area contributed by atoms with Gasteiger partial charge in [-0.05, 0) is 12.8 Å². The molecule has 0 aromatic carbocycles. The first-order valence-corrected chi connectivity index (χ1v) is 4.08. The molecule has 0 radical (unpaired) electrons. The molecule has 0 amide bonds. The Balaban J connectivity index is 2.01. The van der Waals surface area contributed by atoms with Crippen molar-refractivity contribution in [2.45, 2.75) is 24.9 Å². The Bertz CT molecular complexity index is 126. The van der Waals surface area contributed by atoms with Crippen molar-refractivity contribution in [1.82, 2.24) is 10.6 Å². The fourth-order valence-corrected chi connectivity index (χ4v) is 1.78. The standard InChI is InChI=1S/C8H14N2/c1-2-4-8-7(3-1)9-5-6-10-8/h1-2,7-10H,3-6H2/t7-,8?/m1/s1. The summed E-state index contributed by atoms with van der Waals surface area (Å²) >= 11 is 0. The van der Waals surface area contributed by atoms with Gasteiger partial charge in [-0.3, -0.25) is 0 Å². The molecule has 2 atom stereocenters. The maximum absolute atomic E-state index is 3.51. The molecule has 0 bridgehead atoms. The number of piperazine rings is 1. The molecular formula is C8H14N2. The smallest absolute Gasteiger partial charge is 0.0259 e. The van der Waals surface area contributed by atoms with E-state index in [4.69, 9.17) is 0 Å². The lowest BCUT2D eigenvalue weighted by Crippen LogP contribution is -2.56. The second kappa shape index (κ2) is 2.72. The van der Waals surface area contributed by atoms with E-state index in [1.54, 1.807) is 0 Å². The molecule has 2 rings (SSSR count). The fraction of sp³-hybridized carbons (Fsp3) is 0.750. The quantitative estimate of drug-likeness (QED) is 0.469. The van der Waals surface area contributed by atoms with E-state index in [2.05, 4.69) is 22.8 Å². The number of rotatable bonds is 0. The molecule has 2 heteroatoms. The highest BCUT2D eigenvalue weighted by atomic mass is 15.1. The van der Waals surface area contributed by atoms with Crippen LogP contribution in [0.1, 0.15) is 12.8 Å². The summed E-state index contributed by atoms with van der Waals surface area (Å²) in [5, 5.41) is 7.01. The molecule has 1 heterocycles. The SMILES string of the molecule is C1=CC[C@H]2NCCNC2C1. The lowest BCUT2D eigenvalue weighted by molar-refractivity contribution is 0.315. The predicted octanol–water partition coefficient (Wildman–Crippen LogP) is 0.266. The van der Waals surface area contributed by atoms with E-state index in [0.29, 0.717) is 12.1 Å². The zero-order valence-electron chi connectivity index (χ0n) is 6.14. The summed E-state index contributed by atoms with van der Waals surface area (Å²) in [7, 11) is 0. The van der Waals surface area contributed by atoms with Crippen LogP contribution in [-0.4, -0.2) is 25.2 Å². The van der Waals surface area contributed by atoms with Crippen LogP contribution < -0.4 is 10.6 Å². The number of hydrogen-bond donors (Lipinski definition) is 2.